The van der Waals surface area contributed by atoms with Crippen molar-refractivity contribution >= 4 is 17.7 Å². The molecule has 2 aromatic rings. The van der Waals surface area contributed by atoms with Crippen LogP contribution in [0.25, 0.3) is 0 Å². The van der Waals surface area contributed by atoms with Crippen LogP contribution in [0.15, 0.2) is 48.5 Å². The normalized spacial score (nSPS) is 16.3. The molecule has 0 N–H and O–H groups in total. The van der Waals surface area contributed by atoms with Crippen LogP contribution in [0.4, 0.5) is 0 Å². The highest BCUT2D eigenvalue weighted by atomic mass is 32.2. The number of hydrogen-bond donors (Lipinski definition) is 0. The predicted octanol–water partition coefficient (Wildman–Crippen LogP) is 3.91. The van der Waals surface area contributed by atoms with E-state index in [0.29, 0.717) is 32.7 Å². The number of rotatable bonds is 8. The zero-order chi connectivity index (χ0) is 20.5. The smallest absolute Gasteiger partial charge is 0.223 e. The summed E-state index contributed by atoms with van der Waals surface area (Å²) >= 11 is 1.80. The van der Waals surface area contributed by atoms with Crippen molar-refractivity contribution in [3.8, 4) is 18.1 Å². The Labute approximate surface area is 177 Å². The molecule has 1 aliphatic rings. The number of ether oxygens (including phenoxy) is 2. The number of terminal acetylenes is 1. The molecule has 3 rings (SSSR count). The first-order valence-corrected chi connectivity index (χ1v) is 11.0. The molecule has 1 fully saturated rings. The maximum atomic E-state index is 12.6. The van der Waals surface area contributed by atoms with Crippen LogP contribution < -0.4 is 4.74 Å². The van der Waals surface area contributed by atoms with Crippen molar-refractivity contribution in [2.24, 2.45) is 0 Å². The van der Waals surface area contributed by atoms with Gasteiger partial charge in [-0.25, -0.2) is 0 Å². The molecule has 0 spiro atoms. The number of thioether (sulfide) groups is 1. The van der Waals surface area contributed by atoms with Crippen LogP contribution in [0.5, 0.6) is 5.75 Å². The first-order valence-electron chi connectivity index (χ1n) is 9.86. The molecule has 1 aliphatic heterocycles. The molecule has 1 atom stereocenters. The molecule has 0 aliphatic carbocycles. The zero-order valence-electron chi connectivity index (χ0n) is 16.8. The predicted molar refractivity (Wildman–Crippen MR) is 118 cm³/mol. The number of morpholine rings is 1. The lowest BCUT2D eigenvalue weighted by Gasteiger charge is -2.33. The van der Waals surface area contributed by atoms with E-state index in [-0.39, 0.29) is 12.0 Å². The molecule has 1 heterocycles. The second kappa shape index (κ2) is 10.9. The van der Waals surface area contributed by atoms with E-state index in [0.717, 1.165) is 22.8 Å². The molecule has 1 amide bonds. The molecule has 152 valence electrons. The van der Waals surface area contributed by atoms with Gasteiger partial charge in [0, 0.05) is 30.0 Å². The minimum atomic E-state index is -0.123. The first kappa shape index (κ1) is 21.3. The Morgan fingerprint density at radius 1 is 1.31 bits per heavy atom. The Kier molecular flexibility index (Phi) is 8.03. The Balaban J connectivity index is 1.38. The van der Waals surface area contributed by atoms with Crippen LogP contribution in [-0.4, -0.2) is 49.0 Å². The van der Waals surface area contributed by atoms with Crippen molar-refractivity contribution in [3.63, 3.8) is 0 Å². The molecular formula is C24H27NO3S. The number of amides is 1. The molecule has 0 saturated carbocycles. The molecule has 29 heavy (non-hydrogen) atoms. The lowest BCUT2D eigenvalue weighted by Crippen LogP contribution is -2.47. The van der Waals surface area contributed by atoms with E-state index in [9.17, 15) is 4.79 Å². The van der Waals surface area contributed by atoms with Gasteiger partial charge in [0.25, 0.3) is 0 Å². The fraction of sp³-hybridized carbons (Fsp3) is 0.375. The summed E-state index contributed by atoms with van der Waals surface area (Å²) in [5.41, 5.74) is 3.35. The highest BCUT2D eigenvalue weighted by molar-refractivity contribution is 7.98. The average Bonchev–Trinajstić information content (AvgIpc) is 2.76. The standard InChI is InChI=1S/C24H27NO3S/c1-3-20-5-4-6-22(15-20)28-17-23-16-25(12-13-27-23)24(26)11-14-29-18-21-9-7-19(2)8-10-21/h1,4-10,15,23H,11-14,16-18H2,2H3. The Morgan fingerprint density at radius 2 is 2.14 bits per heavy atom. The maximum absolute atomic E-state index is 12.6. The van der Waals surface area contributed by atoms with Gasteiger partial charge in [-0.3, -0.25) is 4.79 Å². The third kappa shape index (κ3) is 6.85. The number of nitrogens with zero attached hydrogens (tertiary/aromatic N) is 1. The number of hydrogen-bond acceptors (Lipinski definition) is 4. The highest BCUT2D eigenvalue weighted by Gasteiger charge is 2.24. The van der Waals surface area contributed by atoms with E-state index in [1.165, 1.54) is 11.1 Å². The topological polar surface area (TPSA) is 38.8 Å². The number of carbonyl (C=O) groups is 1. The summed E-state index contributed by atoms with van der Waals surface area (Å²) in [6.45, 7) is 4.24. The van der Waals surface area contributed by atoms with Crippen LogP contribution >= 0.6 is 11.8 Å². The van der Waals surface area contributed by atoms with Gasteiger partial charge in [0.15, 0.2) is 0 Å². The molecule has 2 aromatic carbocycles. The third-order valence-corrected chi connectivity index (χ3v) is 5.81. The Morgan fingerprint density at radius 3 is 2.93 bits per heavy atom. The van der Waals surface area contributed by atoms with Crippen LogP contribution in [0.1, 0.15) is 23.1 Å². The van der Waals surface area contributed by atoms with Crippen LogP contribution in [0.3, 0.4) is 0 Å². The molecule has 0 radical (unpaired) electrons. The zero-order valence-corrected chi connectivity index (χ0v) is 17.6. The molecular weight excluding hydrogens is 382 g/mol. The first-order chi connectivity index (χ1) is 14.1. The molecule has 0 bridgehead atoms. The van der Waals surface area contributed by atoms with Crippen molar-refractivity contribution in [2.45, 2.75) is 25.2 Å². The van der Waals surface area contributed by atoms with E-state index >= 15 is 0 Å². The van der Waals surface area contributed by atoms with Gasteiger partial charge in [-0.05, 0) is 30.7 Å². The second-order valence-corrected chi connectivity index (χ2v) is 8.21. The molecule has 5 heteroatoms. The fourth-order valence-electron chi connectivity index (χ4n) is 3.10. The quantitative estimate of drug-likeness (QED) is 0.490. The van der Waals surface area contributed by atoms with Crippen molar-refractivity contribution < 1.29 is 14.3 Å². The SMILES string of the molecule is C#Cc1cccc(OCC2CN(C(=O)CCSCc3ccc(C)cc3)CCO2)c1. The summed E-state index contributed by atoms with van der Waals surface area (Å²) in [5.74, 6) is 5.26. The van der Waals surface area contributed by atoms with E-state index in [4.69, 9.17) is 15.9 Å². The van der Waals surface area contributed by atoms with Crippen molar-refractivity contribution in [2.75, 3.05) is 32.1 Å². The van der Waals surface area contributed by atoms with Crippen LogP contribution in [0.2, 0.25) is 0 Å². The van der Waals surface area contributed by atoms with E-state index < -0.39 is 0 Å². The van der Waals surface area contributed by atoms with Crippen LogP contribution in [-0.2, 0) is 15.3 Å². The minimum absolute atomic E-state index is 0.123. The van der Waals surface area contributed by atoms with Gasteiger partial charge in [-0.2, -0.15) is 11.8 Å². The van der Waals surface area contributed by atoms with Crippen LogP contribution in [0, 0.1) is 19.3 Å². The van der Waals surface area contributed by atoms with Gasteiger partial charge in [-0.15, -0.1) is 6.42 Å². The monoisotopic (exact) mass is 409 g/mol. The third-order valence-electron chi connectivity index (χ3n) is 4.78. The van der Waals surface area contributed by atoms with Gasteiger partial charge >= 0.3 is 0 Å². The van der Waals surface area contributed by atoms with Crippen molar-refractivity contribution in [3.05, 3.63) is 65.2 Å². The fourth-order valence-corrected chi connectivity index (χ4v) is 3.99. The molecule has 1 unspecified atom stereocenters. The van der Waals surface area contributed by atoms with E-state index in [1.807, 2.05) is 29.2 Å². The summed E-state index contributed by atoms with van der Waals surface area (Å²) in [6.07, 6.45) is 5.85. The number of benzene rings is 2. The minimum Gasteiger partial charge on any atom is -0.491 e. The summed E-state index contributed by atoms with van der Waals surface area (Å²) in [6, 6.07) is 16.0. The van der Waals surface area contributed by atoms with Gasteiger partial charge < -0.3 is 14.4 Å². The summed E-state index contributed by atoms with van der Waals surface area (Å²) in [7, 11) is 0. The van der Waals surface area contributed by atoms with Crippen molar-refractivity contribution in [1.82, 2.24) is 4.90 Å². The summed E-state index contributed by atoms with van der Waals surface area (Å²) in [4.78, 5) is 14.4. The number of carbonyl (C=O) groups excluding carboxylic acids is 1. The molecule has 4 nitrogen and oxygen atoms in total. The molecule has 1 saturated heterocycles. The van der Waals surface area contributed by atoms with Gasteiger partial charge in [0.1, 0.15) is 18.5 Å². The Hall–Kier alpha value is -2.42. The number of aryl methyl sites for hydroxylation is 1. The lowest BCUT2D eigenvalue weighted by atomic mass is 10.2. The van der Waals surface area contributed by atoms with Crippen molar-refractivity contribution in [1.29, 1.82) is 0 Å². The summed E-state index contributed by atoms with van der Waals surface area (Å²) < 4.78 is 11.6. The largest absolute Gasteiger partial charge is 0.491 e. The van der Waals surface area contributed by atoms with Gasteiger partial charge in [0.2, 0.25) is 5.91 Å². The van der Waals surface area contributed by atoms with Gasteiger partial charge in [-0.1, -0.05) is 41.8 Å². The maximum Gasteiger partial charge on any atom is 0.223 e. The average molecular weight is 410 g/mol. The van der Waals surface area contributed by atoms with E-state index in [2.05, 4.69) is 37.1 Å². The highest BCUT2D eigenvalue weighted by Crippen LogP contribution is 2.17. The molecule has 0 aromatic heterocycles. The van der Waals surface area contributed by atoms with Gasteiger partial charge in [0.05, 0.1) is 13.2 Å². The lowest BCUT2D eigenvalue weighted by molar-refractivity contribution is -0.139. The Bertz CT molecular complexity index is 844. The summed E-state index contributed by atoms with van der Waals surface area (Å²) in [5, 5.41) is 0. The van der Waals surface area contributed by atoms with E-state index in [1.54, 1.807) is 11.8 Å². The second-order valence-electron chi connectivity index (χ2n) is 7.10.